The molecular formula is C13H14BrN3. The number of nitrogen functional groups attached to an aromatic ring is 1. The molecule has 0 aliphatic heterocycles. The second-order valence-electron chi connectivity index (χ2n) is 3.82. The summed E-state index contributed by atoms with van der Waals surface area (Å²) in [6.45, 7) is 2.06. The summed E-state index contributed by atoms with van der Waals surface area (Å²) in [4.78, 5) is 8.74. The summed E-state index contributed by atoms with van der Waals surface area (Å²) in [5, 5.41) is 0. The second-order valence-corrected chi connectivity index (χ2v) is 4.68. The van der Waals surface area contributed by atoms with Gasteiger partial charge in [0.2, 0.25) is 0 Å². The van der Waals surface area contributed by atoms with Crippen LogP contribution in [0.15, 0.2) is 34.8 Å². The number of nitrogens with two attached hydrogens (primary N) is 1. The normalized spacial score (nSPS) is 10.5. The van der Waals surface area contributed by atoms with Crippen LogP contribution in [0, 0.1) is 0 Å². The lowest BCUT2D eigenvalue weighted by molar-refractivity contribution is 0.909. The van der Waals surface area contributed by atoms with E-state index in [0.29, 0.717) is 12.2 Å². The maximum atomic E-state index is 5.76. The highest BCUT2D eigenvalue weighted by molar-refractivity contribution is 9.10. The van der Waals surface area contributed by atoms with Gasteiger partial charge in [0.05, 0.1) is 0 Å². The first kappa shape index (κ1) is 12.0. The van der Waals surface area contributed by atoms with Crippen LogP contribution in [0.25, 0.3) is 0 Å². The number of rotatable bonds is 3. The van der Waals surface area contributed by atoms with Gasteiger partial charge in [0.15, 0.2) is 0 Å². The molecule has 0 atom stereocenters. The van der Waals surface area contributed by atoms with Gasteiger partial charge in [-0.3, -0.25) is 0 Å². The van der Waals surface area contributed by atoms with E-state index in [1.165, 1.54) is 5.56 Å². The van der Waals surface area contributed by atoms with Gasteiger partial charge in [-0.05, 0) is 18.1 Å². The van der Waals surface area contributed by atoms with E-state index in [4.69, 9.17) is 5.73 Å². The van der Waals surface area contributed by atoms with Gasteiger partial charge in [-0.15, -0.1) is 0 Å². The van der Waals surface area contributed by atoms with E-state index in [1.807, 2.05) is 24.3 Å². The summed E-state index contributed by atoms with van der Waals surface area (Å²) in [6.07, 6.45) is 1.56. The highest BCUT2D eigenvalue weighted by Crippen LogP contribution is 2.18. The third-order valence-corrected chi connectivity index (χ3v) is 3.29. The van der Waals surface area contributed by atoms with Crippen LogP contribution >= 0.6 is 15.9 Å². The van der Waals surface area contributed by atoms with E-state index in [-0.39, 0.29) is 0 Å². The summed E-state index contributed by atoms with van der Waals surface area (Å²) in [5.74, 6) is 1.31. The van der Waals surface area contributed by atoms with Crippen LogP contribution in [0.3, 0.4) is 0 Å². The van der Waals surface area contributed by atoms with Gasteiger partial charge in [-0.1, -0.05) is 41.1 Å². The average molecular weight is 292 g/mol. The van der Waals surface area contributed by atoms with Gasteiger partial charge < -0.3 is 5.73 Å². The first-order valence-electron chi connectivity index (χ1n) is 5.54. The van der Waals surface area contributed by atoms with Crippen LogP contribution in [0.2, 0.25) is 0 Å². The lowest BCUT2D eigenvalue weighted by Gasteiger charge is -2.06. The first-order chi connectivity index (χ1) is 8.19. The van der Waals surface area contributed by atoms with Crippen LogP contribution in [-0.2, 0) is 12.8 Å². The molecule has 1 aromatic heterocycles. The zero-order valence-corrected chi connectivity index (χ0v) is 11.2. The Bertz CT molecular complexity index is 526. The SMILES string of the molecule is CCc1cc(N)nc(Cc2ccccc2Br)n1. The van der Waals surface area contributed by atoms with Gasteiger partial charge in [0.1, 0.15) is 11.6 Å². The molecule has 2 N–H and O–H groups in total. The minimum atomic E-state index is 0.541. The monoisotopic (exact) mass is 291 g/mol. The van der Waals surface area contributed by atoms with Gasteiger partial charge >= 0.3 is 0 Å². The maximum Gasteiger partial charge on any atom is 0.135 e. The Morgan fingerprint density at radius 1 is 1.24 bits per heavy atom. The quantitative estimate of drug-likeness (QED) is 0.946. The number of aromatic nitrogens is 2. The zero-order valence-electron chi connectivity index (χ0n) is 9.65. The second kappa shape index (κ2) is 5.27. The maximum absolute atomic E-state index is 5.76. The molecule has 0 aliphatic carbocycles. The minimum Gasteiger partial charge on any atom is -0.384 e. The fourth-order valence-corrected chi connectivity index (χ4v) is 2.07. The van der Waals surface area contributed by atoms with Crippen molar-refractivity contribution in [3.63, 3.8) is 0 Å². The number of aryl methyl sites for hydroxylation is 1. The van der Waals surface area contributed by atoms with Gasteiger partial charge in [-0.25, -0.2) is 9.97 Å². The standard InChI is InChI=1S/C13H14BrN3/c1-2-10-8-12(15)17-13(16-10)7-9-5-3-4-6-11(9)14/h3-6,8H,2,7H2,1H3,(H2,15,16,17). The van der Waals surface area contributed by atoms with Crippen LogP contribution in [-0.4, -0.2) is 9.97 Å². The molecule has 0 fully saturated rings. The Labute approximate surface area is 109 Å². The molecule has 1 heterocycles. The summed E-state index contributed by atoms with van der Waals surface area (Å²) in [7, 11) is 0. The lowest BCUT2D eigenvalue weighted by Crippen LogP contribution is -2.04. The molecule has 17 heavy (non-hydrogen) atoms. The Kier molecular flexibility index (Phi) is 3.74. The summed E-state index contributed by atoms with van der Waals surface area (Å²) < 4.78 is 1.07. The van der Waals surface area contributed by atoms with Crippen molar-refractivity contribution in [1.82, 2.24) is 9.97 Å². The zero-order chi connectivity index (χ0) is 12.3. The molecule has 0 radical (unpaired) electrons. The molecule has 3 nitrogen and oxygen atoms in total. The van der Waals surface area contributed by atoms with Crippen molar-refractivity contribution in [1.29, 1.82) is 0 Å². The average Bonchev–Trinajstić information content (AvgIpc) is 2.31. The summed E-state index contributed by atoms with van der Waals surface area (Å²) >= 11 is 3.52. The number of benzene rings is 1. The van der Waals surface area contributed by atoms with Crippen molar-refractivity contribution in [2.45, 2.75) is 19.8 Å². The van der Waals surface area contributed by atoms with Gasteiger partial charge in [0.25, 0.3) is 0 Å². The number of halogens is 1. The highest BCUT2D eigenvalue weighted by atomic mass is 79.9. The van der Waals surface area contributed by atoms with E-state index in [2.05, 4.69) is 38.9 Å². The molecule has 0 bridgehead atoms. The molecule has 2 aromatic rings. The molecule has 1 aromatic carbocycles. The van der Waals surface area contributed by atoms with Crippen LogP contribution in [0.5, 0.6) is 0 Å². The van der Waals surface area contributed by atoms with E-state index < -0.39 is 0 Å². The van der Waals surface area contributed by atoms with Crippen molar-refractivity contribution in [3.05, 3.63) is 51.9 Å². The fourth-order valence-electron chi connectivity index (χ4n) is 1.65. The molecule has 0 saturated carbocycles. The smallest absolute Gasteiger partial charge is 0.135 e. The number of hydrogen-bond acceptors (Lipinski definition) is 3. The molecular weight excluding hydrogens is 278 g/mol. The molecule has 0 saturated heterocycles. The van der Waals surface area contributed by atoms with E-state index in [9.17, 15) is 0 Å². The van der Waals surface area contributed by atoms with Crippen LogP contribution < -0.4 is 5.73 Å². The van der Waals surface area contributed by atoms with Gasteiger partial charge in [-0.2, -0.15) is 0 Å². The van der Waals surface area contributed by atoms with E-state index in [1.54, 1.807) is 0 Å². The van der Waals surface area contributed by atoms with Crippen molar-refractivity contribution in [2.75, 3.05) is 5.73 Å². The largest absolute Gasteiger partial charge is 0.384 e. The predicted octanol–water partition coefficient (Wildman–Crippen LogP) is 2.97. The van der Waals surface area contributed by atoms with Gasteiger partial charge in [0, 0.05) is 22.7 Å². The van der Waals surface area contributed by atoms with Crippen molar-refractivity contribution < 1.29 is 0 Å². The predicted molar refractivity (Wildman–Crippen MR) is 72.8 cm³/mol. The molecule has 0 unspecified atom stereocenters. The number of hydrogen-bond donors (Lipinski definition) is 1. The number of anilines is 1. The van der Waals surface area contributed by atoms with Crippen molar-refractivity contribution >= 4 is 21.7 Å². The van der Waals surface area contributed by atoms with E-state index >= 15 is 0 Å². The third kappa shape index (κ3) is 3.03. The molecule has 4 heteroatoms. The third-order valence-electron chi connectivity index (χ3n) is 2.51. The minimum absolute atomic E-state index is 0.541. The highest BCUT2D eigenvalue weighted by Gasteiger charge is 2.05. The molecule has 2 rings (SSSR count). The first-order valence-corrected chi connectivity index (χ1v) is 6.34. The van der Waals surface area contributed by atoms with Crippen LogP contribution in [0.1, 0.15) is 24.0 Å². The molecule has 0 amide bonds. The molecule has 88 valence electrons. The van der Waals surface area contributed by atoms with Crippen LogP contribution in [0.4, 0.5) is 5.82 Å². The van der Waals surface area contributed by atoms with Crippen molar-refractivity contribution in [3.8, 4) is 0 Å². The fraction of sp³-hybridized carbons (Fsp3) is 0.231. The Morgan fingerprint density at radius 3 is 2.71 bits per heavy atom. The van der Waals surface area contributed by atoms with E-state index in [0.717, 1.165) is 22.4 Å². The lowest BCUT2D eigenvalue weighted by atomic mass is 10.1. The Balaban J connectivity index is 2.30. The Hall–Kier alpha value is -1.42. The van der Waals surface area contributed by atoms with Crippen molar-refractivity contribution in [2.24, 2.45) is 0 Å². The topological polar surface area (TPSA) is 51.8 Å². The Morgan fingerprint density at radius 2 is 2.00 bits per heavy atom. The molecule has 0 aliphatic rings. The molecule has 0 spiro atoms. The number of nitrogens with zero attached hydrogens (tertiary/aromatic N) is 2. The summed E-state index contributed by atoms with van der Waals surface area (Å²) in [6, 6.07) is 9.90. The summed E-state index contributed by atoms with van der Waals surface area (Å²) in [5.41, 5.74) is 7.92.